The van der Waals surface area contributed by atoms with Crippen molar-refractivity contribution in [1.82, 2.24) is 5.32 Å². The summed E-state index contributed by atoms with van der Waals surface area (Å²) >= 11 is 0. The molecular weight excluding hydrogens is 282 g/mol. The molecule has 1 aliphatic heterocycles. The van der Waals surface area contributed by atoms with Crippen LogP contribution in [-0.2, 0) is 11.2 Å². The lowest BCUT2D eigenvalue weighted by Crippen LogP contribution is -2.46. The molecule has 2 nitrogen and oxygen atoms in total. The third-order valence-electron chi connectivity index (χ3n) is 7.29. The van der Waals surface area contributed by atoms with Gasteiger partial charge in [0, 0.05) is 13.0 Å². The Morgan fingerprint density at radius 3 is 2.43 bits per heavy atom. The standard InChI is InChI=1S/C21H27NO/c23-20(21-18-4-2-1-3-15(18)5-6-22-21)12-19-16-8-13-7-14(10-16)11-17(19)9-13/h1-4,13-14,16-17,19,21-22H,5-12H2. The van der Waals surface area contributed by atoms with E-state index < -0.39 is 0 Å². The topological polar surface area (TPSA) is 29.1 Å². The Morgan fingerprint density at radius 1 is 1.00 bits per heavy atom. The molecule has 0 spiro atoms. The van der Waals surface area contributed by atoms with E-state index in [1.54, 1.807) is 0 Å². The maximum Gasteiger partial charge on any atom is 0.154 e. The van der Waals surface area contributed by atoms with Gasteiger partial charge in [-0.15, -0.1) is 0 Å². The van der Waals surface area contributed by atoms with Gasteiger partial charge in [0.05, 0.1) is 6.04 Å². The molecule has 122 valence electrons. The van der Waals surface area contributed by atoms with Gasteiger partial charge in [0.2, 0.25) is 0 Å². The number of Topliss-reactive ketones (excluding diaryl/α,β-unsaturated/α-hetero) is 1. The van der Waals surface area contributed by atoms with Crippen molar-refractivity contribution < 1.29 is 4.79 Å². The Hall–Kier alpha value is -1.15. The molecule has 4 aliphatic carbocycles. The first-order valence-corrected chi connectivity index (χ1v) is 9.62. The van der Waals surface area contributed by atoms with Crippen LogP contribution in [0.25, 0.3) is 0 Å². The Bertz CT molecular complexity index is 594. The molecule has 1 unspecified atom stereocenters. The predicted molar refractivity (Wildman–Crippen MR) is 91.0 cm³/mol. The van der Waals surface area contributed by atoms with Crippen molar-refractivity contribution in [2.45, 2.75) is 51.0 Å². The van der Waals surface area contributed by atoms with Crippen molar-refractivity contribution in [1.29, 1.82) is 0 Å². The van der Waals surface area contributed by atoms with Gasteiger partial charge >= 0.3 is 0 Å². The highest BCUT2D eigenvalue weighted by atomic mass is 16.1. The van der Waals surface area contributed by atoms with Gasteiger partial charge in [-0.2, -0.15) is 0 Å². The fourth-order valence-corrected chi connectivity index (χ4v) is 6.51. The minimum atomic E-state index is -0.0443. The number of hydrogen-bond donors (Lipinski definition) is 1. The molecule has 4 saturated carbocycles. The van der Waals surface area contributed by atoms with Gasteiger partial charge in [-0.25, -0.2) is 0 Å². The van der Waals surface area contributed by atoms with Crippen molar-refractivity contribution in [3.05, 3.63) is 35.4 Å². The molecule has 6 rings (SSSR count). The second-order valence-corrected chi connectivity index (χ2v) is 8.60. The van der Waals surface area contributed by atoms with Crippen LogP contribution in [0.3, 0.4) is 0 Å². The summed E-state index contributed by atoms with van der Waals surface area (Å²) in [6, 6.07) is 8.48. The Labute approximate surface area is 139 Å². The number of rotatable bonds is 3. The zero-order valence-corrected chi connectivity index (χ0v) is 13.8. The molecule has 1 aromatic rings. The second-order valence-electron chi connectivity index (χ2n) is 8.60. The SMILES string of the molecule is O=C(CC1C2CC3CC(C2)CC1C3)C1NCCc2ccccc21. The van der Waals surface area contributed by atoms with E-state index in [1.807, 2.05) is 0 Å². The van der Waals surface area contributed by atoms with Gasteiger partial charge in [-0.05, 0) is 79.2 Å². The van der Waals surface area contributed by atoms with Crippen LogP contribution in [0.4, 0.5) is 0 Å². The van der Waals surface area contributed by atoms with Crippen LogP contribution in [0.1, 0.15) is 55.7 Å². The molecule has 0 radical (unpaired) electrons. The summed E-state index contributed by atoms with van der Waals surface area (Å²) in [7, 11) is 0. The lowest BCUT2D eigenvalue weighted by atomic mass is 9.51. The van der Waals surface area contributed by atoms with Crippen molar-refractivity contribution in [3.63, 3.8) is 0 Å². The van der Waals surface area contributed by atoms with Crippen molar-refractivity contribution in [3.8, 4) is 0 Å². The number of carbonyl (C=O) groups is 1. The highest BCUT2D eigenvalue weighted by Crippen LogP contribution is 2.57. The number of carbonyl (C=O) groups excluding carboxylic acids is 1. The normalized spacial score (nSPS) is 40.9. The highest BCUT2D eigenvalue weighted by molar-refractivity contribution is 5.86. The van der Waals surface area contributed by atoms with Crippen molar-refractivity contribution in [2.24, 2.45) is 29.6 Å². The highest BCUT2D eigenvalue weighted by Gasteiger charge is 2.48. The predicted octanol–water partition coefficient (Wildman–Crippen LogP) is 3.90. The van der Waals surface area contributed by atoms with Gasteiger partial charge in [-0.1, -0.05) is 24.3 Å². The van der Waals surface area contributed by atoms with E-state index in [-0.39, 0.29) is 6.04 Å². The summed E-state index contributed by atoms with van der Waals surface area (Å²) in [5, 5.41) is 3.50. The molecule has 4 fully saturated rings. The van der Waals surface area contributed by atoms with E-state index in [0.717, 1.165) is 43.1 Å². The van der Waals surface area contributed by atoms with Crippen molar-refractivity contribution in [2.75, 3.05) is 6.54 Å². The van der Waals surface area contributed by atoms with Gasteiger partial charge in [-0.3, -0.25) is 4.79 Å². The molecule has 4 bridgehead atoms. The average molecular weight is 309 g/mol. The number of nitrogens with one attached hydrogen (secondary N) is 1. The molecule has 1 aromatic carbocycles. The molecule has 0 saturated heterocycles. The minimum absolute atomic E-state index is 0.0443. The Kier molecular flexibility index (Phi) is 3.36. The average Bonchev–Trinajstić information content (AvgIpc) is 2.57. The first-order chi connectivity index (χ1) is 11.3. The lowest BCUT2D eigenvalue weighted by Gasteiger charge is -2.54. The lowest BCUT2D eigenvalue weighted by molar-refractivity contribution is -0.126. The largest absolute Gasteiger partial charge is 0.303 e. The minimum Gasteiger partial charge on any atom is -0.303 e. The van der Waals surface area contributed by atoms with Gasteiger partial charge in [0.1, 0.15) is 0 Å². The first kappa shape index (κ1) is 14.2. The van der Waals surface area contributed by atoms with E-state index in [1.165, 1.54) is 43.2 Å². The molecular formula is C21H27NO. The fraction of sp³-hybridized carbons (Fsp3) is 0.667. The maximum absolute atomic E-state index is 13.1. The van der Waals surface area contributed by atoms with Crippen LogP contribution in [0.2, 0.25) is 0 Å². The maximum atomic E-state index is 13.1. The summed E-state index contributed by atoms with van der Waals surface area (Å²) in [6.07, 6.45) is 9.03. The van der Waals surface area contributed by atoms with Crippen LogP contribution >= 0.6 is 0 Å². The monoisotopic (exact) mass is 309 g/mol. The zero-order chi connectivity index (χ0) is 15.4. The number of fused-ring (bicyclic) bond motifs is 1. The van der Waals surface area contributed by atoms with Crippen LogP contribution in [0, 0.1) is 29.6 Å². The fourth-order valence-electron chi connectivity index (χ4n) is 6.51. The number of hydrogen-bond acceptors (Lipinski definition) is 2. The zero-order valence-electron chi connectivity index (χ0n) is 13.8. The third kappa shape index (κ3) is 2.38. The number of benzene rings is 1. The van der Waals surface area contributed by atoms with E-state index in [9.17, 15) is 4.79 Å². The molecule has 1 atom stereocenters. The Balaban J connectivity index is 1.35. The molecule has 23 heavy (non-hydrogen) atoms. The van der Waals surface area contributed by atoms with Crippen LogP contribution in [-0.4, -0.2) is 12.3 Å². The Morgan fingerprint density at radius 2 is 1.70 bits per heavy atom. The van der Waals surface area contributed by atoms with E-state index in [2.05, 4.69) is 29.6 Å². The summed E-state index contributed by atoms with van der Waals surface area (Å²) < 4.78 is 0. The van der Waals surface area contributed by atoms with E-state index in [4.69, 9.17) is 0 Å². The van der Waals surface area contributed by atoms with Crippen LogP contribution in [0.15, 0.2) is 24.3 Å². The van der Waals surface area contributed by atoms with Gasteiger partial charge in [0.25, 0.3) is 0 Å². The summed E-state index contributed by atoms with van der Waals surface area (Å²) in [5.74, 6) is 4.85. The number of ketones is 1. The van der Waals surface area contributed by atoms with E-state index in [0.29, 0.717) is 11.7 Å². The van der Waals surface area contributed by atoms with Crippen LogP contribution in [0.5, 0.6) is 0 Å². The van der Waals surface area contributed by atoms with E-state index >= 15 is 0 Å². The van der Waals surface area contributed by atoms with Crippen molar-refractivity contribution >= 4 is 5.78 Å². The third-order valence-corrected chi connectivity index (χ3v) is 7.29. The molecule has 1 heterocycles. The molecule has 0 amide bonds. The summed E-state index contributed by atoms with van der Waals surface area (Å²) in [5.41, 5.74) is 2.61. The first-order valence-electron chi connectivity index (χ1n) is 9.62. The van der Waals surface area contributed by atoms with Crippen LogP contribution < -0.4 is 5.32 Å². The summed E-state index contributed by atoms with van der Waals surface area (Å²) in [6.45, 7) is 0.940. The molecule has 1 N–H and O–H groups in total. The summed E-state index contributed by atoms with van der Waals surface area (Å²) in [4.78, 5) is 13.1. The molecule has 5 aliphatic rings. The second kappa shape index (κ2) is 5.44. The quantitative estimate of drug-likeness (QED) is 0.917. The smallest absolute Gasteiger partial charge is 0.154 e. The molecule has 0 aromatic heterocycles. The van der Waals surface area contributed by atoms with Gasteiger partial charge < -0.3 is 5.32 Å². The van der Waals surface area contributed by atoms with Gasteiger partial charge in [0.15, 0.2) is 5.78 Å². The molecule has 2 heteroatoms.